The number of hydrogen-bond acceptors (Lipinski definition) is 3. The predicted molar refractivity (Wildman–Crippen MR) is 64.4 cm³/mol. The molecule has 0 aromatic rings. The van der Waals surface area contributed by atoms with Gasteiger partial charge in [0.2, 0.25) is 5.91 Å². The highest BCUT2D eigenvalue weighted by atomic mass is 16.4. The minimum absolute atomic E-state index is 0.109. The van der Waals surface area contributed by atoms with E-state index in [2.05, 4.69) is 0 Å². The summed E-state index contributed by atoms with van der Waals surface area (Å²) in [5.41, 5.74) is 5.49. The smallest absolute Gasteiger partial charge is 0.303 e. The maximum absolute atomic E-state index is 11.9. The normalized spacial score (nSPS) is 22.2. The Labute approximate surface area is 102 Å². The number of rotatable bonds is 5. The number of carboxylic acid groups (broad SMARTS) is 1. The average molecular weight is 242 g/mol. The van der Waals surface area contributed by atoms with Crippen molar-refractivity contribution in [3.63, 3.8) is 0 Å². The molecule has 5 nitrogen and oxygen atoms in total. The predicted octanol–water partition coefficient (Wildman–Crippen LogP) is 0.685. The van der Waals surface area contributed by atoms with Crippen LogP contribution in [0.3, 0.4) is 0 Å². The Morgan fingerprint density at radius 1 is 1.53 bits per heavy atom. The zero-order valence-corrected chi connectivity index (χ0v) is 10.4. The second-order valence-corrected chi connectivity index (χ2v) is 4.99. The van der Waals surface area contributed by atoms with E-state index in [1.165, 1.54) is 0 Å². The van der Waals surface area contributed by atoms with Crippen LogP contribution in [-0.2, 0) is 9.59 Å². The number of carbonyl (C=O) groups excluding carboxylic acids is 1. The van der Waals surface area contributed by atoms with Crippen LogP contribution in [0.2, 0.25) is 0 Å². The summed E-state index contributed by atoms with van der Waals surface area (Å²) in [5, 5.41) is 8.75. The van der Waals surface area contributed by atoms with Crippen LogP contribution in [0.5, 0.6) is 0 Å². The van der Waals surface area contributed by atoms with Crippen molar-refractivity contribution in [1.82, 2.24) is 4.90 Å². The summed E-state index contributed by atoms with van der Waals surface area (Å²) in [7, 11) is 0. The molecule has 98 valence electrons. The fraction of sp³-hybridized carbons (Fsp3) is 0.833. The number of amides is 1. The van der Waals surface area contributed by atoms with E-state index in [1.807, 2.05) is 6.92 Å². The quantitative estimate of drug-likeness (QED) is 0.742. The summed E-state index contributed by atoms with van der Waals surface area (Å²) >= 11 is 0. The summed E-state index contributed by atoms with van der Waals surface area (Å²) in [6.07, 6.45) is 2.44. The van der Waals surface area contributed by atoms with Crippen molar-refractivity contribution < 1.29 is 14.7 Å². The summed E-state index contributed by atoms with van der Waals surface area (Å²) in [5.74, 6) is -0.363. The van der Waals surface area contributed by atoms with Crippen molar-refractivity contribution in [1.29, 1.82) is 0 Å². The van der Waals surface area contributed by atoms with E-state index < -0.39 is 5.97 Å². The Hall–Kier alpha value is -1.10. The fourth-order valence-corrected chi connectivity index (χ4v) is 2.22. The Bertz CT molecular complexity index is 281. The Balaban J connectivity index is 2.43. The molecule has 3 N–H and O–H groups in total. The van der Waals surface area contributed by atoms with Gasteiger partial charge in [-0.15, -0.1) is 0 Å². The Kier molecular flexibility index (Phi) is 5.41. The van der Waals surface area contributed by atoms with Crippen molar-refractivity contribution >= 4 is 11.9 Å². The second kappa shape index (κ2) is 6.59. The number of carbonyl (C=O) groups is 2. The van der Waals surface area contributed by atoms with Gasteiger partial charge in [0, 0.05) is 25.9 Å². The summed E-state index contributed by atoms with van der Waals surface area (Å²) in [6, 6.07) is 0. The molecule has 0 spiro atoms. The minimum atomic E-state index is -0.778. The van der Waals surface area contributed by atoms with Gasteiger partial charge in [-0.05, 0) is 31.2 Å². The third-order valence-electron chi connectivity index (χ3n) is 3.26. The maximum Gasteiger partial charge on any atom is 0.303 e. The van der Waals surface area contributed by atoms with Gasteiger partial charge in [-0.25, -0.2) is 0 Å². The number of piperidine rings is 1. The number of hydrogen-bond donors (Lipinski definition) is 2. The minimum Gasteiger partial charge on any atom is -0.481 e. The van der Waals surface area contributed by atoms with E-state index in [0.717, 1.165) is 19.4 Å². The number of nitrogens with zero attached hydrogens (tertiary/aromatic N) is 1. The Morgan fingerprint density at radius 2 is 2.24 bits per heavy atom. The molecule has 2 unspecified atom stereocenters. The first kappa shape index (κ1) is 14.0. The van der Waals surface area contributed by atoms with Crippen LogP contribution in [0.1, 0.15) is 32.6 Å². The van der Waals surface area contributed by atoms with Crippen LogP contribution in [0.15, 0.2) is 0 Å². The molecule has 1 saturated heterocycles. The maximum atomic E-state index is 11.9. The van der Waals surface area contributed by atoms with Gasteiger partial charge in [-0.1, -0.05) is 6.92 Å². The van der Waals surface area contributed by atoms with Gasteiger partial charge in [0.05, 0.1) is 0 Å². The average Bonchev–Trinajstić information content (AvgIpc) is 2.28. The lowest BCUT2D eigenvalue weighted by Crippen LogP contribution is -2.41. The highest BCUT2D eigenvalue weighted by molar-refractivity contribution is 5.76. The molecule has 5 heteroatoms. The van der Waals surface area contributed by atoms with Crippen LogP contribution in [0.25, 0.3) is 0 Å². The zero-order chi connectivity index (χ0) is 12.8. The van der Waals surface area contributed by atoms with E-state index >= 15 is 0 Å². The Morgan fingerprint density at radius 3 is 2.82 bits per heavy atom. The van der Waals surface area contributed by atoms with Crippen LogP contribution in [0, 0.1) is 11.8 Å². The van der Waals surface area contributed by atoms with Crippen molar-refractivity contribution in [3.8, 4) is 0 Å². The van der Waals surface area contributed by atoms with Gasteiger partial charge < -0.3 is 15.7 Å². The van der Waals surface area contributed by atoms with Crippen LogP contribution in [0.4, 0.5) is 0 Å². The number of aliphatic carboxylic acids is 1. The summed E-state index contributed by atoms with van der Waals surface area (Å²) in [6.45, 7) is 3.81. The molecule has 1 rings (SSSR count). The highest BCUT2D eigenvalue weighted by Crippen LogP contribution is 2.20. The number of likely N-dealkylation sites (tertiary alicyclic amines) is 1. The van der Waals surface area contributed by atoms with Gasteiger partial charge in [0.1, 0.15) is 0 Å². The molecular weight excluding hydrogens is 220 g/mol. The monoisotopic (exact) mass is 242 g/mol. The van der Waals surface area contributed by atoms with Gasteiger partial charge in [-0.3, -0.25) is 9.59 Å². The molecule has 0 aliphatic carbocycles. The molecule has 0 aromatic carbocycles. The van der Waals surface area contributed by atoms with E-state index in [0.29, 0.717) is 19.5 Å². The zero-order valence-electron chi connectivity index (χ0n) is 10.4. The van der Waals surface area contributed by atoms with Crippen molar-refractivity contribution in [2.75, 3.05) is 19.6 Å². The molecule has 1 heterocycles. The van der Waals surface area contributed by atoms with Gasteiger partial charge in [0.25, 0.3) is 0 Å². The van der Waals surface area contributed by atoms with Gasteiger partial charge in [-0.2, -0.15) is 0 Å². The standard InChI is InChI=1S/C12H22N2O3/c1-9(7-13)5-11(15)14-4-2-3-10(8-14)6-12(16)17/h9-10H,2-8,13H2,1H3,(H,16,17). The number of carboxylic acids is 1. The molecule has 1 amide bonds. The topological polar surface area (TPSA) is 83.6 Å². The number of nitrogens with two attached hydrogens (primary N) is 1. The molecule has 1 fully saturated rings. The lowest BCUT2D eigenvalue weighted by Gasteiger charge is -2.32. The molecular formula is C12H22N2O3. The lowest BCUT2D eigenvalue weighted by atomic mass is 9.94. The van der Waals surface area contributed by atoms with Gasteiger partial charge in [0.15, 0.2) is 0 Å². The van der Waals surface area contributed by atoms with Crippen molar-refractivity contribution in [3.05, 3.63) is 0 Å². The van der Waals surface area contributed by atoms with E-state index in [1.54, 1.807) is 4.90 Å². The fourth-order valence-electron chi connectivity index (χ4n) is 2.22. The lowest BCUT2D eigenvalue weighted by molar-refractivity contribution is -0.141. The van der Waals surface area contributed by atoms with Crippen molar-refractivity contribution in [2.24, 2.45) is 17.6 Å². The molecule has 1 aliphatic heterocycles. The van der Waals surface area contributed by atoms with Crippen LogP contribution in [-0.4, -0.2) is 41.5 Å². The third-order valence-corrected chi connectivity index (χ3v) is 3.26. The van der Waals surface area contributed by atoms with Crippen LogP contribution < -0.4 is 5.73 Å². The molecule has 0 bridgehead atoms. The van der Waals surface area contributed by atoms with Crippen LogP contribution >= 0.6 is 0 Å². The van der Waals surface area contributed by atoms with Gasteiger partial charge >= 0.3 is 5.97 Å². The summed E-state index contributed by atoms with van der Waals surface area (Å²) in [4.78, 5) is 24.4. The van der Waals surface area contributed by atoms with E-state index in [9.17, 15) is 9.59 Å². The largest absolute Gasteiger partial charge is 0.481 e. The first-order valence-electron chi connectivity index (χ1n) is 6.22. The third kappa shape index (κ3) is 4.73. The molecule has 1 aliphatic rings. The molecule has 17 heavy (non-hydrogen) atoms. The van der Waals surface area contributed by atoms with E-state index in [4.69, 9.17) is 10.8 Å². The van der Waals surface area contributed by atoms with E-state index in [-0.39, 0.29) is 24.2 Å². The first-order chi connectivity index (χ1) is 8.02. The molecule has 0 aromatic heterocycles. The summed E-state index contributed by atoms with van der Waals surface area (Å²) < 4.78 is 0. The SMILES string of the molecule is CC(CN)CC(=O)N1CCCC(CC(=O)O)C1. The van der Waals surface area contributed by atoms with Crippen molar-refractivity contribution in [2.45, 2.75) is 32.6 Å². The molecule has 0 saturated carbocycles. The first-order valence-corrected chi connectivity index (χ1v) is 6.22. The highest BCUT2D eigenvalue weighted by Gasteiger charge is 2.25. The second-order valence-electron chi connectivity index (χ2n) is 4.99. The molecule has 2 atom stereocenters. The molecule has 0 radical (unpaired) electrons.